The van der Waals surface area contributed by atoms with Gasteiger partial charge in [0.05, 0.1) is 17.6 Å². The zero-order valence-electron chi connectivity index (χ0n) is 16.0. The van der Waals surface area contributed by atoms with Crippen LogP contribution in [-0.4, -0.2) is 40.6 Å². The molecule has 0 spiro atoms. The maximum absolute atomic E-state index is 11.4. The molecule has 0 saturated heterocycles. The van der Waals surface area contributed by atoms with Gasteiger partial charge in [0.2, 0.25) is 11.5 Å². The van der Waals surface area contributed by atoms with Crippen molar-refractivity contribution in [2.75, 3.05) is 29.6 Å². The molecule has 1 aliphatic rings. The standard InChI is InChI=1S/C19H26N6O.H2O.2H2/c1-13-15(10-11-17(26)22-13)23-19-21-12-16(20-2)18(24-19)25(3)14-8-6-4-5-7-9-14;;;/h4-5,10-12,14,20H,6-9H2,1-3H3,(H,22,26)(H,21,23,24);1H2;2*1H. The summed E-state index contributed by atoms with van der Waals surface area (Å²) in [6.07, 6.45) is 10.7. The molecule has 2 aromatic heterocycles. The maximum atomic E-state index is 11.4. The normalized spacial score (nSPS) is 14.2. The summed E-state index contributed by atoms with van der Waals surface area (Å²) in [5.74, 6) is 1.38. The molecule has 0 unspecified atom stereocenters. The van der Waals surface area contributed by atoms with E-state index in [9.17, 15) is 4.79 Å². The molecule has 2 heterocycles. The fourth-order valence-corrected chi connectivity index (χ4v) is 3.23. The second-order valence-corrected chi connectivity index (χ2v) is 6.56. The van der Waals surface area contributed by atoms with Crippen LogP contribution in [0.1, 0.15) is 34.2 Å². The van der Waals surface area contributed by atoms with Gasteiger partial charge in [0, 0.05) is 34.8 Å². The van der Waals surface area contributed by atoms with Crippen LogP contribution in [0, 0.1) is 6.92 Å². The van der Waals surface area contributed by atoms with Gasteiger partial charge >= 0.3 is 0 Å². The highest BCUT2D eigenvalue weighted by atomic mass is 16.1. The number of aromatic nitrogens is 3. The van der Waals surface area contributed by atoms with Crippen molar-refractivity contribution in [2.45, 2.75) is 38.6 Å². The zero-order chi connectivity index (χ0) is 18.5. The molecule has 8 nitrogen and oxygen atoms in total. The minimum atomic E-state index is -0.123. The van der Waals surface area contributed by atoms with Crippen molar-refractivity contribution < 1.29 is 8.33 Å². The Morgan fingerprint density at radius 2 is 1.93 bits per heavy atom. The van der Waals surface area contributed by atoms with Crippen LogP contribution in [0.2, 0.25) is 0 Å². The first-order chi connectivity index (χ1) is 12.6. The number of anilines is 4. The lowest BCUT2D eigenvalue weighted by Gasteiger charge is -2.30. The summed E-state index contributed by atoms with van der Waals surface area (Å²) in [6.45, 7) is 1.84. The SMILES string of the molecule is CNc1cnc(Nc2ccc(=O)[nH]c2C)nc1N(C)C1CCC=CCC1.O.[HH].[HH]. The molecule has 0 saturated carbocycles. The first kappa shape index (κ1) is 20.4. The van der Waals surface area contributed by atoms with E-state index >= 15 is 0 Å². The van der Waals surface area contributed by atoms with E-state index in [0.29, 0.717) is 12.0 Å². The van der Waals surface area contributed by atoms with Crippen LogP contribution in [0.5, 0.6) is 0 Å². The summed E-state index contributed by atoms with van der Waals surface area (Å²) >= 11 is 0. The quantitative estimate of drug-likeness (QED) is 0.691. The van der Waals surface area contributed by atoms with Crippen LogP contribution >= 0.6 is 0 Å². The summed E-state index contributed by atoms with van der Waals surface area (Å²) in [7, 11) is 3.97. The van der Waals surface area contributed by atoms with Crippen LogP contribution < -0.4 is 21.1 Å². The number of hydrogen-bond donors (Lipinski definition) is 3. The Labute approximate surface area is 162 Å². The van der Waals surface area contributed by atoms with Crippen LogP contribution in [0.25, 0.3) is 0 Å². The predicted octanol–water partition coefficient (Wildman–Crippen LogP) is 2.86. The molecule has 0 bridgehead atoms. The number of nitrogens with zero attached hydrogens (tertiary/aromatic N) is 3. The van der Waals surface area contributed by atoms with E-state index in [4.69, 9.17) is 4.98 Å². The number of allylic oxidation sites excluding steroid dienone is 2. The first-order valence-electron chi connectivity index (χ1n) is 8.98. The topological polar surface area (TPSA) is 117 Å². The zero-order valence-corrected chi connectivity index (χ0v) is 16.0. The summed E-state index contributed by atoms with van der Waals surface area (Å²) < 4.78 is 0. The molecular weight excluding hydrogens is 344 g/mol. The molecule has 0 fully saturated rings. The van der Waals surface area contributed by atoms with Gasteiger partial charge in [-0.2, -0.15) is 4.98 Å². The van der Waals surface area contributed by atoms with Gasteiger partial charge in [-0.3, -0.25) is 4.79 Å². The van der Waals surface area contributed by atoms with Gasteiger partial charge < -0.3 is 26.0 Å². The van der Waals surface area contributed by atoms with Crippen molar-refractivity contribution in [1.29, 1.82) is 0 Å². The molecule has 1 aliphatic carbocycles. The van der Waals surface area contributed by atoms with Crippen LogP contribution in [0.4, 0.5) is 23.1 Å². The van der Waals surface area contributed by atoms with Crippen molar-refractivity contribution in [2.24, 2.45) is 0 Å². The van der Waals surface area contributed by atoms with Crippen molar-refractivity contribution in [3.05, 3.63) is 46.5 Å². The molecular formula is C19H32N6O2. The van der Waals surface area contributed by atoms with E-state index in [0.717, 1.165) is 48.6 Å². The van der Waals surface area contributed by atoms with E-state index in [2.05, 4.69) is 44.7 Å². The fourth-order valence-electron chi connectivity index (χ4n) is 3.23. The number of pyridine rings is 1. The van der Waals surface area contributed by atoms with Crippen molar-refractivity contribution in [1.82, 2.24) is 15.0 Å². The lowest BCUT2D eigenvalue weighted by atomic mass is 10.1. The van der Waals surface area contributed by atoms with Gasteiger partial charge in [0.25, 0.3) is 0 Å². The van der Waals surface area contributed by atoms with E-state index in [1.165, 1.54) is 6.07 Å². The molecule has 0 amide bonds. The minimum Gasteiger partial charge on any atom is -0.412 e. The lowest BCUT2D eigenvalue weighted by molar-refractivity contribution is 0.558. The number of H-pyrrole nitrogens is 1. The van der Waals surface area contributed by atoms with E-state index in [-0.39, 0.29) is 13.9 Å². The number of nitrogens with one attached hydrogen (secondary N) is 3. The molecule has 0 aliphatic heterocycles. The highest BCUT2D eigenvalue weighted by Crippen LogP contribution is 2.29. The second kappa shape index (κ2) is 9.18. The van der Waals surface area contributed by atoms with Crippen molar-refractivity contribution in [3.8, 4) is 0 Å². The fraction of sp³-hybridized carbons (Fsp3) is 0.421. The van der Waals surface area contributed by atoms with Crippen molar-refractivity contribution >= 4 is 23.1 Å². The molecule has 5 N–H and O–H groups in total. The largest absolute Gasteiger partial charge is 0.412 e. The van der Waals surface area contributed by atoms with Crippen molar-refractivity contribution in [3.63, 3.8) is 0 Å². The number of aromatic amines is 1. The molecule has 0 radical (unpaired) electrons. The Kier molecular flexibility index (Phi) is 6.95. The molecule has 150 valence electrons. The lowest BCUT2D eigenvalue weighted by Crippen LogP contribution is -2.32. The van der Waals surface area contributed by atoms with E-state index in [1.54, 1.807) is 12.3 Å². The van der Waals surface area contributed by atoms with Crippen LogP contribution in [0.3, 0.4) is 0 Å². The third-order valence-electron chi connectivity index (χ3n) is 4.78. The average molecular weight is 377 g/mol. The van der Waals surface area contributed by atoms with Gasteiger partial charge in [-0.15, -0.1) is 0 Å². The first-order valence-corrected chi connectivity index (χ1v) is 8.98. The van der Waals surface area contributed by atoms with Crippen LogP contribution in [0.15, 0.2) is 35.3 Å². The third-order valence-corrected chi connectivity index (χ3v) is 4.78. The monoisotopic (exact) mass is 376 g/mol. The van der Waals surface area contributed by atoms with Gasteiger partial charge in [-0.1, -0.05) is 12.2 Å². The van der Waals surface area contributed by atoms with E-state index < -0.39 is 0 Å². The van der Waals surface area contributed by atoms with Gasteiger partial charge in [0.15, 0.2) is 5.82 Å². The summed E-state index contributed by atoms with van der Waals surface area (Å²) in [5.41, 5.74) is 2.31. The smallest absolute Gasteiger partial charge is 0.248 e. The predicted molar refractivity (Wildman–Crippen MR) is 114 cm³/mol. The Morgan fingerprint density at radius 3 is 2.56 bits per heavy atom. The third kappa shape index (κ3) is 4.85. The average Bonchev–Trinajstić information content (AvgIpc) is 2.93. The molecule has 0 atom stereocenters. The molecule has 3 rings (SSSR count). The molecule has 27 heavy (non-hydrogen) atoms. The minimum absolute atomic E-state index is 0. The maximum Gasteiger partial charge on any atom is 0.248 e. The molecule has 0 aromatic carbocycles. The van der Waals surface area contributed by atoms with Crippen LogP contribution in [-0.2, 0) is 0 Å². The highest BCUT2D eigenvalue weighted by Gasteiger charge is 2.20. The number of aryl methyl sites for hydroxylation is 1. The van der Waals surface area contributed by atoms with Gasteiger partial charge in [-0.25, -0.2) is 4.98 Å². The second-order valence-electron chi connectivity index (χ2n) is 6.56. The Hall–Kier alpha value is -2.87. The Bertz CT molecular complexity index is 849. The molecule has 2 aromatic rings. The number of hydrogen-bond acceptors (Lipinski definition) is 6. The Balaban J connectivity index is 0.00000261. The summed E-state index contributed by atoms with van der Waals surface area (Å²) in [5, 5.41) is 6.39. The van der Waals surface area contributed by atoms with Gasteiger partial charge in [0.1, 0.15) is 0 Å². The van der Waals surface area contributed by atoms with E-state index in [1.807, 2.05) is 14.0 Å². The summed E-state index contributed by atoms with van der Waals surface area (Å²) in [6, 6.07) is 3.67. The van der Waals surface area contributed by atoms with Gasteiger partial charge in [-0.05, 0) is 38.7 Å². The Morgan fingerprint density at radius 1 is 1.22 bits per heavy atom. The number of rotatable bonds is 5. The molecule has 8 heteroatoms. The highest BCUT2D eigenvalue weighted by molar-refractivity contribution is 5.67. The summed E-state index contributed by atoms with van der Waals surface area (Å²) in [4.78, 5) is 25.5.